The van der Waals surface area contributed by atoms with Crippen LogP contribution in [0.25, 0.3) is 0 Å². The molecule has 3 atom stereocenters. The van der Waals surface area contributed by atoms with E-state index in [2.05, 4.69) is 20.8 Å². The lowest BCUT2D eigenvalue weighted by Crippen LogP contribution is -2.19. The Hall–Kier alpha value is -0.0400. The van der Waals surface area contributed by atoms with Crippen LogP contribution in [-0.2, 0) is 0 Å². The van der Waals surface area contributed by atoms with E-state index in [1.807, 2.05) is 6.92 Å². The van der Waals surface area contributed by atoms with Crippen molar-refractivity contribution in [2.75, 3.05) is 0 Å². The molecule has 0 spiro atoms. The van der Waals surface area contributed by atoms with Crippen molar-refractivity contribution in [3.05, 3.63) is 0 Å². The van der Waals surface area contributed by atoms with E-state index in [-0.39, 0.29) is 6.10 Å². The van der Waals surface area contributed by atoms with Crippen LogP contribution in [-0.4, -0.2) is 11.2 Å². The molecule has 0 amide bonds. The maximum absolute atomic E-state index is 9.12. The van der Waals surface area contributed by atoms with Crippen molar-refractivity contribution in [3.63, 3.8) is 0 Å². The van der Waals surface area contributed by atoms with Crippen LogP contribution < -0.4 is 0 Å². The second-order valence-corrected chi connectivity index (χ2v) is 2.99. The smallest absolute Gasteiger partial charge is 0.0540 e. The second kappa shape index (κ2) is 3.89. The highest BCUT2D eigenvalue weighted by Gasteiger charge is 2.14. The Bertz CT molecular complexity index is 69.0. The van der Waals surface area contributed by atoms with Crippen molar-refractivity contribution in [2.45, 2.75) is 40.2 Å². The van der Waals surface area contributed by atoms with Crippen LogP contribution in [0.5, 0.6) is 0 Å². The molecule has 1 heteroatoms. The van der Waals surface area contributed by atoms with Gasteiger partial charge >= 0.3 is 0 Å². The van der Waals surface area contributed by atoms with E-state index in [4.69, 9.17) is 5.11 Å². The fourth-order valence-electron chi connectivity index (χ4n) is 0.847. The number of aliphatic hydroxyl groups is 1. The van der Waals surface area contributed by atoms with Gasteiger partial charge in [0.15, 0.2) is 0 Å². The summed E-state index contributed by atoms with van der Waals surface area (Å²) in [4.78, 5) is 0. The third kappa shape index (κ3) is 2.85. The molecule has 56 valence electrons. The van der Waals surface area contributed by atoms with Crippen LogP contribution in [0.15, 0.2) is 0 Å². The largest absolute Gasteiger partial charge is 0.393 e. The highest BCUT2D eigenvalue weighted by molar-refractivity contribution is 4.64. The Balaban J connectivity index is 3.58. The van der Waals surface area contributed by atoms with Gasteiger partial charge in [-0.2, -0.15) is 0 Å². The summed E-state index contributed by atoms with van der Waals surface area (Å²) in [5.74, 6) is 1.08. The van der Waals surface area contributed by atoms with Gasteiger partial charge in [0.25, 0.3) is 0 Å². The molecule has 0 rings (SSSR count). The highest BCUT2D eigenvalue weighted by Crippen LogP contribution is 2.17. The van der Waals surface area contributed by atoms with Gasteiger partial charge in [0.2, 0.25) is 0 Å². The molecule has 0 fully saturated rings. The van der Waals surface area contributed by atoms with Crippen molar-refractivity contribution >= 4 is 0 Å². The molecule has 0 bridgehead atoms. The van der Waals surface area contributed by atoms with Gasteiger partial charge in [-0.3, -0.25) is 0 Å². The third-order valence-electron chi connectivity index (χ3n) is 2.30. The van der Waals surface area contributed by atoms with Crippen LogP contribution in [0.3, 0.4) is 0 Å². The molecule has 0 aliphatic rings. The first kappa shape index (κ1) is 8.96. The Kier molecular flexibility index (Phi) is 3.87. The minimum absolute atomic E-state index is 0.153. The predicted octanol–water partition coefficient (Wildman–Crippen LogP) is 2.05. The van der Waals surface area contributed by atoms with Crippen molar-refractivity contribution in [2.24, 2.45) is 11.8 Å². The van der Waals surface area contributed by atoms with Crippen LogP contribution in [0.2, 0.25) is 0 Å². The zero-order valence-corrected chi connectivity index (χ0v) is 6.89. The van der Waals surface area contributed by atoms with Gasteiger partial charge in [0.1, 0.15) is 0 Å². The summed E-state index contributed by atoms with van der Waals surface area (Å²) in [6, 6.07) is 0. The van der Waals surface area contributed by atoms with Gasteiger partial charge in [-0.15, -0.1) is 0 Å². The number of hydrogen-bond acceptors (Lipinski definition) is 1. The van der Waals surface area contributed by atoms with E-state index in [9.17, 15) is 0 Å². The van der Waals surface area contributed by atoms with Crippen molar-refractivity contribution < 1.29 is 5.11 Å². The number of aliphatic hydroxyl groups excluding tert-OH is 1. The van der Waals surface area contributed by atoms with Gasteiger partial charge in [-0.05, 0) is 18.8 Å². The minimum atomic E-state index is -0.153. The van der Waals surface area contributed by atoms with Gasteiger partial charge in [-0.1, -0.05) is 27.2 Å². The van der Waals surface area contributed by atoms with Crippen LogP contribution in [0.4, 0.5) is 0 Å². The zero-order valence-electron chi connectivity index (χ0n) is 6.89. The van der Waals surface area contributed by atoms with E-state index >= 15 is 0 Å². The fourth-order valence-corrected chi connectivity index (χ4v) is 0.847. The quantitative estimate of drug-likeness (QED) is 0.620. The molecule has 0 aliphatic carbocycles. The Morgan fingerprint density at radius 1 is 1.22 bits per heavy atom. The monoisotopic (exact) mass is 130 g/mol. The summed E-state index contributed by atoms with van der Waals surface area (Å²) in [5, 5.41) is 9.12. The predicted molar refractivity (Wildman–Crippen MR) is 40.3 cm³/mol. The maximum Gasteiger partial charge on any atom is 0.0540 e. The second-order valence-electron chi connectivity index (χ2n) is 2.99. The van der Waals surface area contributed by atoms with Gasteiger partial charge < -0.3 is 5.11 Å². The summed E-state index contributed by atoms with van der Waals surface area (Å²) in [6.07, 6.45) is 1.01. The van der Waals surface area contributed by atoms with E-state index in [0.717, 1.165) is 6.42 Å². The number of rotatable bonds is 3. The first-order valence-corrected chi connectivity index (χ1v) is 3.77. The zero-order chi connectivity index (χ0) is 7.44. The van der Waals surface area contributed by atoms with Crippen LogP contribution in [0, 0.1) is 11.8 Å². The maximum atomic E-state index is 9.12. The molecule has 0 radical (unpaired) electrons. The van der Waals surface area contributed by atoms with E-state index in [1.165, 1.54) is 0 Å². The van der Waals surface area contributed by atoms with Gasteiger partial charge in [0.05, 0.1) is 6.10 Å². The first-order valence-electron chi connectivity index (χ1n) is 3.77. The normalized spacial score (nSPS) is 21.0. The topological polar surface area (TPSA) is 20.2 Å². The van der Waals surface area contributed by atoms with Crippen LogP contribution >= 0.6 is 0 Å². The lowest BCUT2D eigenvalue weighted by atomic mass is 9.90. The first-order chi connectivity index (χ1) is 4.09. The molecule has 0 heterocycles. The average Bonchev–Trinajstić information content (AvgIpc) is 1.84. The molecule has 1 nitrogen and oxygen atoms in total. The van der Waals surface area contributed by atoms with E-state index in [0.29, 0.717) is 11.8 Å². The molecule has 9 heavy (non-hydrogen) atoms. The summed E-state index contributed by atoms with van der Waals surface area (Å²) >= 11 is 0. The molecule has 0 saturated heterocycles. The average molecular weight is 130 g/mol. The highest BCUT2D eigenvalue weighted by atomic mass is 16.3. The fraction of sp³-hybridized carbons (Fsp3) is 1.00. The molecule has 0 saturated carbocycles. The summed E-state index contributed by atoms with van der Waals surface area (Å²) in [6.45, 7) is 8.29. The molecule has 0 aliphatic heterocycles. The van der Waals surface area contributed by atoms with Crippen molar-refractivity contribution in [1.29, 1.82) is 0 Å². The van der Waals surface area contributed by atoms with Crippen molar-refractivity contribution in [3.8, 4) is 0 Å². The number of hydrogen-bond donors (Lipinski definition) is 1. The molecular weight excluding hydrogens is 112 g/mol. The minimum Gasteiger partial charge on any atom is -0.393 e. The summed E-state index contributed by atoms with van der Waals surface area (Å²) in [5.41, 5.74) is 0. The lowest BCUT2D eigenvalue weighted by Gasteiger charge is -2.20. The molecular formula is C8H18O. The SMILES string of the molecule is CC[C@H](C)[C@H](C)[C@H](C)O. The Morgan fingerprint density at radius 3 is 1.78 bits per heavy atom. The molecule has 1 N–H and O–H groups in total. The lowest BCUT2D eigenvalue weighted by molar-refractivity contribution is 0.102. The standard InChI is InChI=1S/C8H18O/c1-5-6(2)7(3)8(4)9/h6-9H,5H2,1-4H3/t6-,7-,8-/m0/s1. The molecule has 0 aromatic heterocycles. The summed E-state index contributed by atoms with van der Waals surface area (Å²) in [7, 11) is 0. The Labute approximate surface area is 58.1 Å². The van der Waals surface area contributed by atoms with E-state index < -0.39 is 0 Å². The van der Waals surface area contributed by atoms with Crippen LogP contribution in [0.1, 0.15) is 34.1 Å². The van der Waals surface area contributed by atoms with E-state index in [1.54, 1.807) is 0 Å². The van der Waals surface area contributed by atoms with Crippen molar-refractivity contribution in [1.82, 2.24) is 0 Å². The molecule has 0 aromatic rings. The van der Waals surface area contributed by atoms with Gasteiger partial charge in [-0.25, -0.2) is 0 Å². The molecule has 0 aromatic carbocycles. The molecule has 0 unspecified atom stereocenters. The Morgan fingerprint density at radius 2 is 1.67 bits per heavy atom. The van der Waals surface area contributed by atoms with Gasteiger partial charge in [0, 0.05) is 0 Å². The third-order valence-corrected chi connectivity index (χ3v) is 2.30. The summed E-state index contributed by atoms with van der Waals surface area (Å²) < 4.78 is 0.